The van der Waals surface area contributed by atoms with E-state index in [9.17, 15) is 4.79 Å². The van der Waals surface area contributed by atoms with Gasteiger partial charge in [0.2, 0.25) is 5.91 Å². The summed E-state index contributed by atoms with van der Waals surface area (Å²) in [4.78, 5) is 14.0. The third-order valence-electron chi connectivity index (χ3n) is 2.91. The highest BCUT2D eigenvalue weighted by Gasteiger charge is 2.21. The van der Waals surface area contributed by atoms with Crippen molar-refractivity contribution in [3.05, 3.63) is 29.8 Å². The lowest BCUT2D eigenvalue weighted by atomic mass is 10.1. The highest BCUT2D eigenvalue weighted by atomic mass is 16.2. The predicted molar refractivity (Wildman–Crippen MR) is 72.1 cm³/mol. The Bertz CT molecular complexity index is 376. The molecule has 1 amide bonds. The average Bonchev–Trinajstić information content (AvgIpc) is 2.32. The number of para-hydroxylation sites is 1. The maximum Gasteiger partial charge on any atom is 0.243 e. The van der Waals surface area contributed by atoms with E-state index in [2.05, 4.69) is 0 Å². The molecule has 0 heterocycles. The van der Waals surface area contributed by atoms with Gasteiger partial charge in [-0.3, -0.25) is 4.79 Å². The molecule has 1 rings (SSSR count). The summed E-state index contributed by atoms with van der Waals surface area (Å²) in [6, 6.07) is 7.51. The van der Waals surface area contributed by atoms with Crippen molar-refractivity contribution in [2.75, 3.05) is 11.4 Å². The quantitative estimate of drug-likeness (QED) is 0.850. The van der Waals surface area contributed by atoms with Crippen LogP contribution in [-0.2, 0) is 4.79 Å². The molecule has 17 heavy (non-hydrogen) atoms. The Morgan fingerprint density at radius 1 is 1.35 bits per heavy atom. The van der Waals surface area contributed by atoms with Gasteiger partial charge in [0.05, 0.1) is 6.04 Å². The molecule has 0 spiro atoms. The fraction of sp³-hybridized carbons (Fsp3) is 0.500. The normalized spacial score (nSPS) is 12.2. The molecule has 0 bridgehead atoms. The number of nitrogens with zero attached hydrogens (tertiary/aromatic N) is 1. The number of aryl methyl sites for hydroxylation is 1. The summed E-state index contributed by atoms with van der Waals surface area (Å²) in [7, 11) is 0. The molecule has 0 unspecified atom stereocenters. The summed E-state index contributed by atoms with van der Waals surface area (Å²) in [5, 5.41) is 0. The molecule has 1 aromatic rings. The third kappa shape index (κ3) is 3.30. The molecular weight excluding hydrogens is 212 g/mol. The summed E-state index contributed by atoms with van der Waals surface area (Å²) in [5.41, 5.74) is 7.97. The van der Waals surface area contributed by atoms with Crippen LogP contribution in [0.25, 0.3) is 0 Å². The molecule has 0 fully saturated rings. The van der Waals surface area contributed by atoms with Crippen molar-refractivity contribution in [2.24, 2.45) is 5.73 Å². The Kier molecular flexibility index (Phi) is 5.16. The zero-order chi connectivity index (χ0) is 12.8. The van der Waals surface area contributed by atoms with Gasteiger partial charge in [-0.05, 0) is 31.9 Å². The first-order chi connectivity index (χ1) is 8.11. The molecule has 2 N–H and O–H groups in total. The van der Waals surface area contributed by atoms with Gasteiger partial charge in [0.15, 0.2) is 0 Å². The number of benzene rings is 1. The Morgan fingerprint density at radius 2 is 2.00 bits per heavy atom. The number of hydrogen-bond acceptors (Lipinski definition) is 2. The number of anilines is 1. The number of carbonyl (C=O) groups is 1. The van der Waals surface area contributed by atoms with Crippen LogP contribution < -0.4 is 10.6 Å². The van der Waals surface area contributed by atoms with E-state index in [1.807, 2.05) is 45.0 Å². The van der Waals surface area contributed by atoms with Gasteiger partial charge < -0.3 is 10.6 Å². The molecule has 0 saturated carbocycles. The van der Waals surface area contributed by atoms with Crippen molar-refractivity contribution < 1.29 is 4.79 Å². The van der Waals surface area contributed by atoms with Crippen LogP contribution >= 0.6 is 0 Å². The average molecular weight is 234 g/mol. The van der Waals surface area contributed by atoms with Crippen molar-refractivity contribution >= 4 is 11.6 Å². The third-order valence-corrected chi connectivity index (χ3v) is 2.91. The lowest BCUT2D eigenvalue weighted by Crippen LogP contribution is -2.44. The number of rotatable bonds is 5. The first-order valence-corrected chi connectivity index (χ1v) is 6.24. The number of amides is 1. The van der Waals surface area contributed by atoms with Gasteiger partial charge in [-0.2, -0.15) is 0 Å². The monoisotopic (exact) mass is 234 g/mol. The largest absolute Gasteiger partial charge is 0.320 e. The van der Waals surface area contributed by atoms with Crippen molar-refractivity contribution in [1.82, 2.24) is 0 Å². The molecule has 0 aliphatic rings. The molecule has 0 aliphatic carbocycles. The van der Waals surface area contributed by atoms with Crippen LogP contribution in [0.1, 0.15) is 32.3 Å². The molecule has 3 heteroatoms. The standard InChI is InChI=1S/C14H22N2O/c1-4-8-12(15)14(17)16(5-2)13-10-7-6-9-11(13)3/h6-7,9-10,12H,4-5,8,15H2,1-3H3/t12-/m0/s1. The second-order valence-corrected chi connectivity index (χ2v) is 4.26. The molecule has 94 valence electrons. The van der Waals surface area contributed by atoms with Gasteiger partial charge in [-0.25, -0.2) is 0 Å². The zero-order valence-electron chi connectivity index (χ0n) is 10.9. The minimum absolute atomic E-state index is 0.0173. The summed E-state index contributed by atoms with van der Waals surface area (Å²) >= 11 is 0. The van der Waals surface area contributed by atoms with E-state index >= 15 is 0 Å². The maximum absolute atomic E-state index is 12.2. The molecule has 3 nitrogen and oxygen atoms in total. The number of nitrogens with two attached hydrogens (primary N) is 1. The van der Waals surface area contributed by atoms with Gasteiger partial charge in [-0.15, -0.1) is 0 Å². The van der Waals surface area contributed by atoms with E-state index in [-0.39, 0.29) is 11.9 Å². The fourth-order valence-corrected chi connectivity index (χ4v) is 1.95. The second-order valence-electron chi connectivity index (χ2n) is 4.26. The van der Waals surface area contributed by atoms with Crippen molar-refractivity contribution in [3.8, 4) is 0 Å². The first kappa shape index (κ1) is 13.7. The van der Waals surface area contributed by atoms with Crippen LogP contribution in [0.15, 0.2) is 24.3 Å². The molecule has 0 saturated heterocycles. The highest BCUT2D eigenvalue weighted by Crippen LogP contribution is 2.20. The van der Waals surface area contributed by atoms with Crippen LogP contribution in [-0.4, -0.2) is 18.5 Å². The van der Waals surface area contributed by atoms with E-state index in [1.54, 1.807) is 4.90 Å². The summed E-state index contributed by atoms with van der Waals surface area (Å²) in [6.07, 6.45) is 1.67. The minimum atomic E-state index is -0.389. The molecule has 0 radical (unpaired) electrons. The highest BCUT2D eigenvalue weighted by molar-refractivity contribution is 5.97. The Morgan fingerprint density at radius 3 is 2.53 bits per heavy atom. The lowest BCUT2D eigenvalue weighted by Gasteiger charge is -2.25. The first-order valence-electron chi connectivity index (χ1n) is 6.24. The summed E-state index contributed by atoms with van der Waals surface area (Å²) in [5.74, 6) is 0.0173. The maximum atomic E-state index is 12.2. The zero-order valence-corrected chi connectivity index (χ0v) is 10.9. The van der Waals surface area contributed by atoms with E-state index in [1.165, 1.54) is 0 Å². The van der Waals surface area contributed by atoms with E-state index in [0.29, 0.717) is 6.54 Å². The Labute approximate surface area is 104 Å². The van der Waals surface area contributed by atoms with Gasteiger partial charge in [0, 0.05) is 12.2 Å². The van der Waals surface area contributed by atoms with Crippen LogP contribution in [0, 0.1) is 6.92 Å². The molecule has 1 atom stereocenters. The smallest absolute Gasteiger partial charge is 0.243 e. The predicted octanol–water partition coefficient (Wildman–Crippen LogP) is 2.48. The van der Waals surface area contributed by atoms with Gasteiger partial charge in [0.25, 0.3) is 0 Å². The van der Waals surface area contributed by atoms with Gasteiger partial charge in [-0.1, -0.05) is 31.5 Å². The van der Waals surface area contributed by atoms with Crippen LogP contribution in [0.2, 0.25) is 0 Å². The van der Waals surface area contributed by atoms with Crippen molar-refractivity contribution in [1.29, 1.82) is 0 Å². The Hall–Kier alpha value is -1.35. The van der Waals surface area contributed by atoms with E-state index in [4.69, 9.17) is 5.73 Å². The minimum Gasteiger partial charge on any atom is -0.320 e. The molecular formula is C14H22N2O. The fourth-order valence-electron chi connectivity index (χ4n) is 1.95. The molecule has 0 aliphatic heterocycles. The molecule has 0 aromatic heterocycles. The SMILES string of the molecule is CCC[C@H](N)C(=O)N(CC)c1ccccc1C. The lowest BCUT2D eigenvalue weighted by molar-refractivity contribution is -0.119. The van der Waals surface area contributed by atoms with E-state index < -0.39 is 0 Å². The summed E-state index contributed by atoms with van der Waals surface area (Å²) < 4.78 is 0. The summed E-state index contributed by atoms with van der Waals surface area (Å²) in [6.45, 7) is 6.68. The van der Waals surface area contributed by atoms with Gasteiger partial charge in [0.1, 0.15) is 0 Å². The number of carbonyl (C=O) groups excluding carboxylic acids is 1. The van der Waals surface area contributed by atoms with Crippen molar-refractivity contribution in [3.63, 3.8) is 0 Å². The number of hydrogen-bond donors (Lipinski definition) is 1. The van der Waals surface area contributed by atoms with Gasteiger partial charge >= 0.3 is 0 Å². The van der Waals surface area contributed by atoms with Crippen LogP contribution in [0.3, 0.4) is 0 Å². The number of likely N-dealkylation sites (N-methyl/N-ethyl adjacent to an activating group) is 1. The van der Waals surface area contributed by atoms with Crippen LogP contribution in [0.5, 0.6) is 0 Å². The topological polar surface area (TPSA) is 46.3 Å². The Balaban J connectivity index is 2.92. The van der Waals surface area contributed by atoms with Crippen molar-refractivity contribution in [2.45, 2.75) is 39.7 Å². The van der Waals surface area contributed by atoms with E-state index in [0.717, 1.165) is 24.1 Å². The van der Waals surface area contributed by atoms with Crippen LogP contribution in [0.4, 0.5) is 5.69 Å². The molecule has 1 aromatic carbocycles. The second kappa shape index (κ2) is 6.40.